The smallest absolute Gasteiger partial charge is 0.134 e. The lowest BCUT2D eigenvalue weighted by Gasteiger charge is -2.34. The summed E-state index contributed by atoms with van der Waals surface area (Å²) in [5.41, 5.74) is 0. The Morgan fingerprint density at radius 3 is 3.00 bits per heavy atom. The Bertz CT molecular complexity index is 321. The predicted octanol–water partition coefficient (Wildman–Crippen LogP) is 1.35. The molecule has 1 aliphatic heterocycles. The van der Waals surface area contributed by atoms with Crippen LogP contribution in [0.1, 0.15) is 6.92 Å². The first-order valence-corrected chi connectivity index (χ1v) is 5.10. The molecule has 1 aromatic rings. The number of hydrogen-bond donors (Lipinski definition) is 1. The maximum absolute atomic E-state index is 5.82. The van der Waals surface area contributed by atoms with Crippen molar-refractivity contribution in [3.8, 4) is 0 Å². The van der Waals surface area contributed by atoms with Gasteiger partial charge in [0.05, 0.1) is 0 Å². The molecule has 15 heavy (non-hydrogen) atoms. The summed E-state index contributed by atoms with van der Waals surface area (Å²) in [6.07, 6.45) is 1.51. The third-order valence-corrected chi connectivity index (χ3v) is 2.62. The third kappa shape index (κ3) is 2.93. The van der Waals surface area contributed by atoms with Crippen molar-refractivity contribution in [2.24, 2.45) is 0 Å². The predicted molar refractivity (Wildman–Crippen MR) is 64.0 cm³/mol. The highest BCUT2D eigenvalue weighted by atomic mass is 35.5. The van der Waals surface area contributed by atoms with E-state index in [1.54, 1.807) is 0 Å². The number of halogens is 2. The Morgan fingerprint density at radius 1 is 1.53 bits per heavy atom. The third-order valence-electron chi connectivity index (χ3n) is 2.41. The first-order chi connectivity index (χ1) is 6.77. The minimum atomic E-state index is 0. The van der Waals surface area contributed by atoms with E-state index in [4.69, 9.17) is 11.6 Å². The van der Waals surface area contributed by atoms with Crippen LogP contribution in [0, 0.1) is 0 Å². The molecule has 0 saturated carbocycles. The van der Waals surface area contributed by atoms with Gasteiger partial charge in [-0.2, -0.15) is 0 Å². The Balaban J connectivity index is 0.00000112. The SMILES string of the molecule is CC1CNCCN1c1cc(Cl)ncn1.Cl. The fourth-order valence-corrected chi connectivity index (χ4v) is 1.80. The van der Waals surface area contributed by atoms with E-state index in [1.807, 2.05) is 6.07 Å². The minimum Gasteiger partial charge on any atom is -0.351 e. The largest absolute Gasteiger partial charge is 0.351 e. The molecule has 0 spiro atoms. The Kier molecular flexibility index (Phi) is 4.57. The van der Waals surface area contributed by atoms with E-state index in [-0.39, 0.29) is 12.4 Å². The van der Waals surface area contributed by atoms with Crippen molar-refractivity contribution in [1.29, 1.82) is 0 Å². The summed E-state index contributed by atoms with van der Waals surface area (Å²) in [6, 6.07) is 2.26. The van der Waals surface area contributed by atoms with Crippen LogP contribution in [-0.4, -0.2) is 35.6 Å². The molecule has 0 amide bonds. The zero-order chi connectivity index (χ0) is 9.97. The molecule has 6 heteroatoms. The molecule has 84 valence electrons. The molecule has 1 fully saturated rings. The van der Waals surface area contributed by atoms with Crippen LogP contribution in [-0.2, 0) is 0 Å². The summed E-state index contributed by atoms with van der Waals surface area (Å²) < 4.78 is 0. The van der Waals surface area contributed by atoms with E-state index in [0.717, 1.165) is 25.5 Å². The molecule has 1 unspecified atom stereocenters. The minimum absolute atomic E-state index is 0. The summed E-state index contributed by atoms with van der Waals surface area (Å²) in [4.78, 5) is 10.3. The lowest BCUT2D eigenvalue weighted by molar-refractivity contribution is 0.497. The molecule has 1 aliphatic rings. The zero-order valence-corrected chi connectivity index (χ0v) is 10.1. The standard InChI is InChI=1S/C9H13ClN4.ClH/c1-7-5-11-2-3-14(7)9-4-8(10)12-6-13-9;/h4,6-7,11H,2-3,5H2,1H3;1H. The number of anilines is 1. The number of nitrogens with zero attached hydrogens (tertiary/aromatic N) is 3. The van der Waals surface area contributed by atoms with Gasteiger partial charge in [0.2, 0.25) is 0 Å². The second-order valence-corrected chi connectivity index (χ2v) is 3.83. The first-order valence-electron chi connectivity index (χ1n) is 4.72. The molecule has 0 aliphatic carbocycles. The molecule has 1 saturated heterocycles. The van der Waals surface area contributed by atoms with Gasteiger partial charge in [-0.15, -0.1) is 12.4 Å². The van der Waals surface area contributed by atoms with Crippen molar-refractivity contribution in [1.82, 2.24) is 15.3 Å². The topological polar surface area (TPSA) is 41.0 Å². The molecule has 1 atom stereocenters. The molecule has 4 nitrogen and oxygen atoms in total. The average molecular weight is 249 g/mol. The van der Waals surface area contributed by atoms with E-state index in [2.05, 4.69) is 27.1 Å². The van der Waals surface area contributed by atoms with Gasteiger partial charge in [-0.05, 0) is 6.92 Å². The summed E-state index contributed by atoms with van der Waals surface area (Å²) >= 11 is 5.82. The van der Waals surface area contributed by atoms with Gasteiger partial charge < -0.3 is 10.2 Å². The average Bonchev–Trinajstić information content (AvgIpc) is 2.18. The zero-order valence-electron chi connectivity index (χ0n) is 8.48. The van der Waals surface area contributed by atoms with Crippen molar-refractivity contribution in [2.45, 2.75) is 13.0 Å². The number of nitrogens with one attached hydrogen (secondary N) is 1. The summed E-state index contributed by atoms with van der Waals surface area (Å²) in [7, 11) is 0. The van der Waals surface area contributed by atoms with Crippen molar-refractivity contribution in [3.63, 3.8) is 0 Å². The first kappa shape index (κ1) is 12.5. The van der Waals surface area contributed by atoms with Gasteiger partial charge in [-0.1, -0.05) is 11.6 Å². The highest BCUT2D eigenvalue weighted by molar-refractivity contribution is 6.29. The van der Waals surface area contributed by atoms with Crippen LogP contribution in [0.2, 0.25) is 5.15 Å². The molecule has 1 N–H and O–H groups in total. The Morgan fingerprint density at radius 2 is 2.33 bits per heavy atom. The molecule has 0 bridgehead atoms. The second kappa shape index (κ2) is 5.49. The van der Waals surface area contributed by atoms with Crippen LogP contribution in [0.25, 0.3) is 0 Å². The molecule has 2 rings (SSSR count). The van der Waals surface area contributed by atoms with E-state index in [9.17, 15) is 0 Å². The van der Waals surface area contributed by atoms with Crippen molar-refractivity contribution in [2.75, 3.05) is 24.5 Å². The van der Waals surface area contributed by atoms with Crippen LogP contribution in [0.3, 0.4) is 0 Å². The van der Waals surface area contributed by atoms with Crippen LogP contribution in [0.4, 0.5) is 5.82 Å². The van der Waals surface area contributed by atoms with Crippen LogP contribution < -0.4 is 10.2 Å². The number of aromatic nitrogens is 2. The maximum atomic E-state index is 5.82. The van der Waals surface area contributed by atoms with Crippen molar-refractivity contribution >= 4 is 29.8 Å². The fourth-order valence-electron chi connectivity index (χ4n) is 1.66. The monoisotopic (exact) mass is 248 g/mol. The molecule has 1 aromatic heterocycles. The molecule has 0 radical (unpaired) electrons. The maximum Gasteiger partial charge on any atom is 0.134 e. The normalized spacial score (nSPS) is 20.9. The quantitative estimate of drug-likeness (QED) is 0.763. The van der Waals surface area contributed by atoms with Crippen LogP contribution in [0.15, 0.2) is 12.4 Å². The van der Waals surface area contributed by atoms with Gasteiger partial charge >= 0.3 is 0 Å². The van der Waals surface area contributed by atoms with E-state index >= 15 is 0 Å². The van der Waals surface area contributed by atoms with Gasteiger partial charge in [0.15, 0.2) is 0 Å². The lowest BCUT2D eigenvalue weighted by Crippen LogP contribution is -2.50. The summed E-state index contributed by atoms with van der Waals surface area (Å²) in [5, 5.41) is 3.83. The van der Waals surface area contributed by atoms with Crippen molar-refractivity contribution in [3.05, 3.63) is 17.5 Å². The molecule has 0 aromatic carbocycles. The number of rotatable bonds is 1. The molecule has 2 heterocycles. The van der Waals surface area contributed by atoms with Crippen molar-refractivity contribution < 1.29 is 0 Å². The molecular formula is C9H14Cl2N4. The Labute approximate surface area is 100 Å². The molecular weight excluding hydrogens is 235 g/mol. The fraction of sp³-hybridized carbons (Fsp3) is 0.556. The van der Waals surface area contributed by atoms with Crippen LogP contribution in [0.5, 0.6) is 0 Å². The van der Waals surface area contributed by atoms with E-state index in [1.165, 1.54) is 6.33 Å². The van der Waals surface area contributed by atoms with Gasteiger partial charge in [0.1, 0.15) is 17.3 Å². The highest BCUT2D eigenvalue weighted by Gasteiger charge is 2.19. The highest BCUT2D eigenvalue weighted by Crippen LogP contribution is 2.17. The lowest BCUT2D eigenvalue weighted by atomic mass is 10.2. The summed E-state index contributed by atoms with van der Waals surface area (Å²) in [6.45, 7) is 5.12. The summed E-state index contributed by atoms with van der Waals surface area (Å²) in [5.74, 6) is 0.916. The van der Waals surface area contributed by atoms with Gasteiger partial charge in [-0.25, -0.2) is 9.97 Å². The number of piperazine rings is 1. The van der Waals surface area contributed by atoms with E-state index < -0.39 is 0 Å². The Hall–Kier alpha value is -0.580. The van der Waals surface area contributed by atoms with E-state index in [0.29, 0.717) is 11.2 Å². The number of hydrogen-bond acceptors (Lipinski definition) is 4. The second-order valence-electron chi connectivity index (χ2n) is 3.45. The van der Waals surface area contributed by atoms with Gasteiger partial charge in [0.25, 0.3) is 0 Å². The van der Waals surface area contributed by atoms with Gasteiger partial charge in [0, 0.05) is 31.7 Å². The van der Waals surface area contributed by atoms with Gasteiger partial charge in [-0.3, -0.25) is 0 Å². The van der Waals surface area contributed by atoms with Crippen LogP contribution >= 0.6 is 24.0 Å².